The van der Waals surface area contributed by atoms with Crippen LogP contribution in [0.2, 0.25) is 0 Å². The first-order valence-corrected chi connectivity index (χ1v) is 10.1. The van der Waals surface area contributed by atoms with Gasteiger partial charge in [0, 0.05) is 12.6 Å². The van der Waals surface area contributed by atoms with Gasteiger partial charge in [0.05, 0.1) is 13.5 Å². The Bertz CT molecular complexity index is 834. The highest BCUT2D eigenvalue weighted by Crippen LogP contribution is 2.18. The van der Waals surface area contributed by atoms with Crippen molar-refractivity contribution < 1.29 is 14.3 Å². The Morgan fingerprint density at radius 3 is 2.48 bits per heavy atom. The summed E-state index contributed by atoms with van der Waals surface area (Å²) in [6, 6.07) is 14.9. The topological polar surface area (TPSA) is 58.6 Å². The number of carbonyl (C=O) groups excluding carboxylic acids is 2. The van der Waals surface area contributed by atoms with E-state index in [4.69, 9.17) is 4.74 Å². The van der Waals surface area contributed by atoms with Gasteiger partial charge in [0.1, 0.15) is 11.8 Å². The Hall–Kier alpha value is -2.82. The van der Waals surface area contributed by atoms with Crippen molar-refractivity contribution in [2.45, 2.75) is 59.2 Å². The number of hydrogen-bond donors (Lipinski definition) is 1. The van der Waals surface area contributed by atoms with E-state index >= 15 is 0 Å². The number of nitrogens with one attached hydrogen (secondary N) is 1. The van der Waals surface area contributed by atoms with Gasteiger partial charge in [0.25, 0.3) is 0 Å². The summed E-state index contributed by atoms with van der Waals surface area (Å²) in [5, 5.41) is 2.99. The fourth-order valence-electron chi connectivity index (χ4n) is 3.09. The van der Waals surface area contributed by atoms with E-state index < -0.39 is 6.04 Å². The number of amides is 2. The zero-order chi connectivity index (χ0) is 21.4. The molecule has 0 spiro atoms. The standard InChI is InChI=1S/C24H32N2O3/c1-6-18(3)25-24(28)19(4)26(16-20-11-9-13-22(14-20)29-5)23(27)15-21-12-8-7-10-17(21)2/h7-14,18-19H,6,15-16H2,1-5H3,(H,25,28)/t18-,19-/m0/s1. The number of ether oxygens (including phenoxy) is 1. The first kappa shape index (κ1) is 22.5. The lowest BCUT2D eigenvalue weighted by atomic mass is 10.0. The zero-order valence-corrected chi connectivity index (χ0v) is 18.1. The van der Waals surface area contributed by atoms with Crippen molar-refractivity contribution in [1.29, 1.82) is 0 Å². The van der Waals surface area contributed by atoms with Crippen LogP contribution in [-0.2, 0) is 22.6 Å². The molecule has 0 unspecified atom stereocenters. The van der Waals surface area contributed by atoms with Crippen molar-refractivity contribution in [1.82, 2.24) is 10.2 Å². The molecule has 2 amide bonds. The summed E-state index contributed by atoms with van der Waals surface area (Å²) in [7, 11) is 1.61. The van der Waals surface area contributed by atoms with Crippen LogP contribution in [0.1, 0.15) is 43.9 Å². The minimum atomic E-state index is -0.577. The van der Waals surface area contributed by atoms with Crippen molar-refractivity contribution in [3.05, 3.63) is 65.2 Å². The van der Waals surface area contributed by atoms with E-state index in [1.54, 1.807) is 18.9 Å². The van der Waals surface area contributed by atoms with Gasteiger partial charge in [-0.15, -0.1) is 0 Å². The third kappa shape index (κ3) is 6.34. The molecule has 0 aliphatic carbocycles. The van der Waals surface area contributed by atoms with E-state index in [1.807, 2.05) is 69.3 Å². The molecule has 1 N–H and O–H groups in total. The number of nitrogens with zero attached hydrogens (tertiary/aromatic N) is 1. The number of benzene rings is 2. The molecule has 2 aromatic carbocycles. The van der Waals surface area contributed by atoms with Crippen LogP contribution in [0.3, 0.4) is 0 Å². The molecule has 0 fully saturated rings. The molecule has 0 saturated carbocycles. The van der Waals surface area contributed by atoms with Gasteiger partial charge in [-0.25, -0.2) is 0 Å². The largest absolute Gasteiger partial charge is 0.497 e. The second-order valence-electron chi connectivity index (χ2n) is 7.47. The van der Waals surface area contributed by atoms with Gasteiger partial charge < -0.3 is 15.0 Å². The predicted octanol–water partition coefficient (Wildman–Crippen LogP) is 3.88. The highest BCUT2D eigenvalue weighted by molar-refractivity contribution is 5.88. The minimum Gasteiger partial charge on any atom is -0.497 e. The Labute approximate surface area is 174 Å². The van der Waals surface area contributed by atoms with E-state index in [9.17, 15) is 9.59 Å². The van der Waals surface area contributed by atoms with E-state index in [2.05, 4.69) is 5.32 Å². The van der Waals surface area contributed by atoms with Crippen LogP contribution < -0.4 is 10.1 Å². The molecule has 0 radical (unpaired) electrons. The number of aryl methyl sites for hydroxylation is 1. The molecule has 2 rings (SSSR count). The quantitative estimate of drug-likeness (QED) is 0.700. The van der Waals surface area contributed by atoms with Gasteiger partial charge in [0.15, 0.2) is 0 Å². The number of methoxy groups -OCH3 is 1. The zero-order valence-electron chi connectivity index (χ0n) is 18.1. The van der Waals surface area contributed by atoms with Crippen LogP contribution in [-0.4, -0.2) is 35.9 Å². The highest BCUT2D eigenvalue weighted by Gasteiger charge is 2.27. The van der Waals surface area contributed by atoms with Crippen LogP contribution in [0.15, 0.2) is 48.5 Å². The highest BCUT2D eigenvalue weighted by atomic mass is 16.5. The third-order valence-corrected chi connectivity index (χ3v) is 5.26. The molecule has 0 heterocycles. The van der Waals surface area contributed by atoms with Gasteiger partial charge in [0.2, 0.25) is 11.8 Å². The molecule has 0 aliphatic rings. The molecule has 156 valence electrons. The van der Waals surface area contributed by atoms with Crippen molar-refractivity contribution in [3.63, 3.8) is 0 Å². The molecule has 5 nitrogen and oxygen atoms in total. The fraction of sp³-hybridized carbons (Fsp3) is 0.417. The van der Waals surface area contributed by atoms with Crippen molar-refractivity contribution in [3.8, 4) is 5.75 Å². The van der Waals surface area contributed by atoms with Crippen LogP contribution in [0.25, 0.3) is 0 Å². The summed E-state index contributed by atoms with van der Waals surface area (Å²) in [5.74, 6) is 0.514. The van der Waals surface area contributed by atoms with Gasteiger partial charge in [-0.3, -0.25) is 9.59 Å². The van der Waals surface area contributed by atoms with Crippen LogP contribution in [0.4, 0.5) is 0 Å². The van der Waals surface area contributed by atoms with E-state index in [1.165, 1.54) is 0 Å². The van der Waals surface area contributed by atoms with E-state index in [0.717, 1.165) is 28.9 Å². The van der Waals surface area contributed by atoms with E-state index in [0.29, 0.717) is 6.54 Å². The molecular formula is C24H32N2O3. The molecule has 2 atom stereocenters. The third-order valence-electron chi connectivity index (χ3n) is 5.26. The predicted molar refractivity (Wildman–Crippen MR) is 116 cm³/mol. The Morgan fingerprint density at radius 2 is 1.83 bits per heavy atom. The summed E-state index contributed by atoms with van der Waals surface area (Å²) in [4.78, 5) is 27.7. The second kappa shape index (κ2) is 10.6. The second-order valence-corrected chi connectivity index (χ2v) is 7.47. The summed E-state index contributed by atoms with van der Waals surface area (Å²) in [5.41, 5.74) is 2.97. The lowest BCUT2D eigenvalue weighted by Crippen LogP contribution is -2.49. The maximum absolute atomic E-state index is 13.2. The molecule has 0 saturated heterocycles. The molecule has 29 heavy (non-hydrogen) atoms. The maximum Gasteiger partial charge on any atom is 0.242 e. The maximum atomic E-state index is 13.2. The molecule has 0 aromatic heterocycles. The number of carbonyl (C=O) groups is 2. The van der Waals surface area contributed by atoms with Gasteiger partial charge >= 0.3 is 0 Å². The van der Waals surface area contributed by atoms with Gasteiger partial charge in [-0.1, -0.05) is 43.3 Å². The van der Waals surface area contributed by atoms with Gasteiger partial charge in [-0.2, -0.15) is 0 Å². The molecule has 2 aromatic rings. The summed E-state index contributed by atoms with van der Waals surface area (Å²) in [6.45, 7) is 8.11. The monoisotopic (exact) mass is 396 g/mol. The first-order chi connectivity index (χ1) is 13.8. The average Bonchev–Trinajstić information content (AvgIpc) is 2.73. The smallest absolute Gasteiger partial charge is 0.242 e. The normalized spacial score (nSPS) is 12.7. The van der Waals surface area contributed by atoms with Crippen LogP contribution >= 0.6 is 0 Å². The van der Waals surface area contributed by atoms with Gasteiger partial charge in [-0.05, 0) is 56.0 Å². The summed E-state index contributed by atoms with van der Waals surface area (Å²) in [6.07, 6.45) is 1.10. The fourth-order valence-corrected chi connectivity index (χ4v) is 3.09. The number of hydrogen-bond acceptors (Lipinski definition) is 3. The minimum absolute atomic E-state index is 0.0649. The lowest BCUT2D eigenvalue weighted by molar-refractivity contribution is -0.140. The number of rotatable bonds is 9. The molecule has 5 heteroatoms. The summed E-state index contributed by atoms with van der Waals surface area (Å²) < 4.78 is 5.30. The Kier molecular flexibility index (Phi) is 8.25. The summed E-state index contributed by atoms with van der Waals surface area (Å²) >= 11 is 0. The van der Waals surface area contributed by atoms with Crippen molar-refractivity contribution in [2.75, 3.05) is 7.11 Å². The first-order valence-electron chi connectivity index (χ1n) is 10.1. The van der Waals surface area contributed by atoms with Crippen LogP contribution in [0.5, 0.6) is 5.75 Å². The Balaban J connectivity index is 2.26. The average molecular weight is 397 g/mol. The molecule has 0 aliphatic heterocycles. The van der Waals surface area contributed by atoms with Crippen molar-refractivity contribution in [2.24, 2.45) is 0 Å². The molecular weight excluding hydrogens is 364 g/mol. The van der Waals surface area contributed by atoms with E-state index in [-0.39, 0.29) is 24.3 Å². The SMILES string of the molecule is CC[C@H](C)NC(=O)[C@H](C)N(Cc1cccc(OC)c1)C(=O)Cc1ccccc1C. The van der Waals surface area contributed by atoms with Crippen LogP contribution in [0, 0.1) is 6.92 Å². The van der Waals surface area contributed by atoms with Crippen molar-refractivity contribution >= 4 is 11.8 Å². The lowest BCUT2D eigenvalue weighted by Gasteiger charge is -2.30. The molecule has 0 bridgehead atoms. The Morgan fingerprint density at radius 1 is 1.10 bits per heavy atom.